The van der Waals surface area contributed by atoms with Gasteiger partial charge < -0.3 is 9.88 Å². The molecule has 2 aromatic carbocycles. The molecule has 2 bridgehead atoms. The number of amides is 2. The molecule has 5 rings (SSSR count). The van der Waals surface area contributed by atoms with Crippen LogP contribution in [0.25, 0.3) is 22.2 Å². The Morgan fingerprint density at radius 1 is 0.949 bits per heavy atom. The van der Waals surface area contributed by atoms with Gasteiger partial charge in [-0.05, 0) is 60.6 Å². The summed E-state index contributed by atoms with van der Waals surface area (Å²) in [7, 11) is -2.62. The molecule has 1 fully saturated rings. The number of rotatable bonds is 2. The topological polar surface area (TPSA) is 101 Å². The van der Waals surface area contributed by atoms with E-state index in [1.165, 1.54) is 19.0 Å². The van der Waals surface area contributed by atoms with E-state index in [1.807, 2.05) is 41.0 Å². The fourth-order valence-corrected chi connectivity index (χ4v) is 6.51. The van der Waals surface area contributed by atoms with Crippen LogP contribution in [0.15, 0.2) is 54.6 Å². The second-order valence-corrected chi connectivity index (χ2v) is 12.5. The number of halogens is 1. The lowest BCUT2D eigenvalue weighted by Gasteiger charge is -2.23. The smallest absolute Gasteiger partial charge is 0.304 e. The number of benzene rings is 2. The van der Waals surface area contributed by atoms with Crippen molar-refractivity contribution in [2.45, 2.75) is 51.0 Å². The largest absolute Gasteiger partial charge is 0.354 e. The van der Waals surface area contributed by atoms with Gasteiger partial charge in [-0.2, -0.15) is 12.7 Å². The maximum absolute atomic E-state index is 13.2. The van der Waals surface area contributed by atoms with E-state index in [-0.39, 0.29) is 24.6 Å². The third-order valence-electron chi connectivity index (χ3n) is 7.59. The Morgan fingerprint density at radius 2 is 1.67 bits per heavy atom. The van der Waals surface area contributed by atoms with Crippen LogP contribution in [0.2, 0.25) is 5.02 Å². The van der Waals surface area contributed by atoms with Gasteiger partial charge in [0.15, 0.2) is 0 Å². The predicted octanol–water partition coefficient (Wildman–Crippen LogP) is 4.99. The summed E-state index contributed by atoms with van der Waals surface area (Å²) in [6.07, 6.45) is 9.64. The van der Waals surface area contributed by atoms with Gasteiger partial charge in [-0.3, -0.25) is 9.59 Å². The molecule has 1 aliphatic carbocycles. The second-order valence-electron chi connectivity index (χ2n) is 10.2. The number of hydrogen-bond acceptors (Lipinski definition) is 4. The van der Waals surface area contributed by atoms with Crippen molar-refractivity contribution in [1.29, 1.82) is 0 Å². The summed E-state index contributed by atoms with van der Waals surface area (Å²) in [6.45, 7) is 0.601. The van der Waals surface area contributed by atoms with Gasteiger partial charge in [0, 0.05) is 36.1 Å². The maximum atomic E-state index is 13.2. The predicted molar refractivity (Wildman–Crippen MR) is 154 cm³/mol. The molecular formula is C29H33ClN4O4S. The summed E-state index contributed by atoms with van der Waals surface area (Å²) >= 11 is 6.22. The van der Waals surface area contributed by atoms with Crippen LogP contribution in [0.3, 0.4) is 0 Å². The summed E-state index contributed by atoms with van der Waals surface area (Å²) in [5.41, 5.74) is 3.98. The molecule has 0 radical (unpaired) electrons. The summed E-state index contributed by atoms with van der Waals surface area (Å²) in [6, 6.07) is 12.9. The summed E-state index contributed by atoms with van der Waals surface area (Å²) in [4.78, 5) is 26.3. The molecule has 0 unspecified atom stereocenters. The summed E-state index contributed by atoms with van der Waals surface area (Å²) < 4.78 is 30.8. The number of carbonyl (C=O) groups is 2. The second kappa shape index (κ2) is 11.5. The van der Waals surface area contributed by atoms with Crippen LogP contribution in [-0.2, 0) is 21.5 Å². The fraction of sp³-hybridized carbons (Fsp3) is 0.379. The van der Waals surface area contributed by atoms with E-state index in [0.717, 1.165) is 52.1 Å². The third kappa shape index (κ3) is 5.90. The monoisotopic (exact) mass is 568 g/mol. The fourth-order valence-electron chi connectivity index (χ4n) is 5.59. The Morgan fingerprint density at radius 3 is 2.41 bits per heavy atom. The Hall–Kier alpha value is -3.14. The number of nitrogens with zero attached hydrogens (tertiary/aromatic N) is 2. The molecule has 2 heterocycles. The molecule has 2 N–H and O–H groups in total. The molecule has 0 atom stereocenters. The normalized spacial score (nSPS) is 19.7. The summed E-state index contributed by atoms with van der Waals surface area (Å²) in [5.74, 6) is -0.541. The van der Waals surface area contributed by atoms with Gasteiger partial charge in [-0.15, -0.1) is 0 Å². The van der Waals surface area contributed by atoms with Crippen LogP contribution in [-0.4, -0.2) is 49.2 Å². The number of fused-ring (bicyclic) bond motifs is 1. The molecular weight excluding hydrogens is 536 g/mol. The van der Waals surface area contributed by atoms with Gasteiger partial charge in [-0.1, -0.05) is 61.2 Å². The van der Waals surface area contributed by atoms with Crippen LogP contribution >= 0.6 is 11.6 Å². The number of hydrogen-bond donors (Lipinski definition) is 2. The molecule has 10 heteroatoms. The number of likely N-dealkylation sites (N-methyl/N-ethyl adjacent to an activating group) is 1. The zero-order chi connectivity index (χ0) is 27.6. The Bertz CT molecular complexity index is 1520. The highest BCUT2D eigenvalue weighted by Crippen LogP contribution is 2.44. The first kappa shape index (κ1) is 27.4. The minimum atomic E-state index is -4.03. The Balaban J connectivity index is 1.72. The highest BCUT2D eigenvalue weighted by Gasteiger charge is 2.28. The third-order valence-corrected chi connectivity index (χ3v) is 9.26. The SMILES string of the molecule is CN1CC=CCCNC(=O)Cn2c(-c3ccc(Cl)cc3)c(C3CCCCC3)c3ccc(cc32)C(=O)NS1(=O)=O. The lowest BCUT2D eigenvalue weighted by atomic mass is 9.82. The number of aromatic nitrogens is 1. The molecule has 2 amide bonds. The molecule has 1 aliphatic heterocycles. The van der Waals surface area contributed by atoms with Gasteiger partial charge in [0.2, 0.25) is 5.91 Å². The van der Waals surface area contributed by atoms with Crippen LogP contribution in [0, 0.1) is 0 Å². The van der Waals surface area contributed by atoms with Crippen molar-refractivity contribution in [2.75, 3.05) is 20.1 Å². The lowest BCUT2D eigenvalue weighted by molar-refractivity contribution is -0.121. The van der Waals surface area contributed by atoms with Crippen LogP contribution < -0.4 is 10.0 Å². The minimum Gasteiger partial charge on any atom is -0.354 e. The number of nitrogens with one attached hydrogen (secondary N) is 2. The van der Waals surface area contributed by atoms with Crippen molar-refractivity contribution in [3.63, 3.8) is 0 Å². The maximum Gasteiger partial charge on any atom is 0.304 e. The van der Waals surface area contributed by atoms with Crippen molar-refractivity contribution in [3.8, 4) is 11.3 Å². The molecule has 0 saturated heterocycles. The van der Waals surface area contributed by atoms with E-state index in [2.05, 4.69) is 10.0 Å². The van der Waals surface area contributed by atoms with Gasteiger partial charge in [0.05, 0.1) is 11.2 Å². The summed E-state index contributed by atoms with van der Waals surface area (Å²) in [5, 5.41) is 4.58. The lowest BCUT2D eigenvalue weighted by Crippen LogP contribution is -2.41. The zero-order valence-electron chi connectivity index (χ0n) is 22.0. The zero-order valence-corrected chi connectivity index (χ0v) is 23.5. The van der Waals surface area contributed by atoms with E-state index >= 15 is 0 Å². The van der Waals surface area contributed by atoms with Crippen LogP contribution in [0.1, 0.15) is 60.4 Å². The standard InChI is InChI=1S/C29H33ClN4O4S/c1-33-17-7-3-6-16-31-26(35)19-34-25-18-22(29(36)32-39(33,37)38)12-15-24(25)27(20-8-4-2-5-9-20)28(34)21-10-13-23(30)14-11-21/h3,7,10-15,18,20H,2,4-6,8-9,16-17,19H2,1H3,(H,31,35)(H,32,36). The Kier molecular flexibility index (Phi) is 8.11. The highest BCUT2D eigenvalue weighted by atomic mass is 35.5. The van der Waals surface area contributed by atoms with E-state index in [4.69, 9.17) is 11.6 Å². The van der Waals surface area contributed by atoms with E-state index < -0.39 is 16.1 Å². The van der Waals surface area contributed by atoms with Crippen molar-refractivity contribution >= 4 is 44.5 Å². The van der Waals surface area contributed by atoms with Crippen molar-refractivity contribution in [3.05, 3.63) is 70.8 Å². The van der Waals surface area contributed by atoms with Gasteiger partial charge >= 0.3 is 10.2 Å². The molecule has 39 heavy (non-hydrogen) atoms. The molecule has 2 aliphatic rings. The van der Waals surface area contributed by atoms with Crippen LogP contribution in [0.4, 0.5) is 0 Å². The molecule has 0 spiro atoms. The van der Waals surface area contributed by atoms with Crippen molar-refractivity contribution in [1.82, 2.24) is 18.9 Å². The van der Waals surface area contributed by atoms with E-state index in [9.17, 15) is 18.0 Å². The van der Waals surface area contributed by atoms with Gasteiger partial charge in [0.25, 0.3) is 5.91 Å². The van der Waals surface area contributed by atoms with Crippen molar-refractivity contribution in [2.24, 2.45) is 0 Å². The first-order chi connectivity index (χ1) is 18.7. The first-order valence-corrected chi connectivity index (χ1v) is 15.2. The molecule has 1 aromatic heterocycles. The van der Waals surface area contributed by atoms with Crippen LogP contribution in [0.5, 0.6) is 0 Å². The number of carbonyl (C=O) groups excluding carboxylic acids is 2. The minimum absolute atomic E-state index is 0.0665. The average molecular weight is 569 g/mol. The quantitative estimate of drug-likeness (QED) is 0.425. The van der Waals surface area contributed by atoms with E-state index in [0.29, 0.717) is 23.9 Å². The molecule has 1 saturated carbocycles. The first-order valence-electron chi connectivity index (χ1n) is 13.4. The van der Waals surface area contributed by atoms with Gasteiger partial charge in [0.1, 0.15) is 6.54 Å². The Labute approximate surface area is 234 Å². The molecule has 8 nitrogen and oxygen atoms in total. The van der Waals surface area contributed by atoms with Crippen molar-refractivity contribution < 1.29 is 18.0 Å². The highest BCUT2D eigenvalue weighted by molar-refractivity contribution is 7.87. The molecule has 3 aromatic rings. The molecule has 206 valence electrons. The van der Waals surface area contributed by atoms with E-state index in [1.54, 1.807) is 18.2 Å². The van der Waals surface area contributed by atoms with Gasteiger partial charge in [-0.25, -0.2) is 4.72 Å². The average Bonchev–Trinajstić information content (AvgIpc) is 3.23.